The summed E-state index contributed by atoms with van der Waals surface area (Å²) in [6, 6.07) is 0. The van der Waals surface area contributed by atoms with Crippen LogP contribution in [0.15, 0.2) is 23.0 Å². The Morgan fingerprint density at radius 3 is 2.88 bits per heavy atom. The van der Waals surface area contributed by atoms with Crippen LogP contribution in [0.4, 0.5) is 0 Å². The molecule has 0 bridgehead atoms. The van der Waals surface area contributed by atoms with E-state index in [2.05, 4.69) is 19.9 Å². The summed E-state index contributed by atoms with van der Waals surface area (Å²) in [6.07, 6.45) is 11.1. The van der Waals surface area contributed by atoms with E-state index < -0.39 is 0 Å². The molecule has 3 fully saturated rings. The van der Waals surface area contributed by atoms with Crippen LogP contribution < -0.4 is 0 Å². The molecule has 0 saturated heterocycles. The molecule has 25 heavy (non-hydrogen) atoms. The van der Waals surface area contributed by atoms with Gasteiger partial charge in [-0.05, 0) is 91.9 Å². The number of allylic oxidation sites excluding steroid dienone is 3. The predicted octanol–water partition coefficient (Wildman–Crippen LogP) is 5.09. The van der Waals surface area contributed by atoms with Crippen LogP contribution in [0.2, 0.25) is 0 Å². The van der Waals surface area contributed by atoms with Gasteiger partial charge in [-0.2, -0.15) is 0 Å². The summed E-state index contributed by atoms with van der Waals surface area (Å²) in [5.41, 5.74) is 4.41. The normalized spacial score (nSPS) is 51.7. The number of aliphatic hydroxyl groups excluding tert-OH is 1. The molecule has 1 N–H and O–H groups in total. The van der Waals surface area contributed by atoms with Gasteiger partial charge in [0, 0.05) is 6.42 Å². The van der Waals surface area contributed by atoms with Crippen LogP contribution >= 0.6 is 0 Å². The standard InChI is InChI=1S/C23H34O2/c1-13-9-15-10-17(25-4)5-6-18(15)19-7-8-22(3)20(14(2)24)11-16-12-23(16,22)21(13)19/h5,13-14,16,19-21,24H,6-12H2,1-4H3/t13-,14?,16+,19-,20+,21-,22-,23-/m1/s1. The van der Waals surface area contributed by atoms with Crippen molar-refractivity contribution in [1.82, 2.24) is 0 Å². The zero-order valence-corrected chi connectivity index (χ0v) is 16.3. The molecular weight excluding hydrogens is 308 g/mol. The molecule has 0 radical (unpaired) electrons. The smallest absolute Gasteiger partial charge is 0.0959 e. The third-order valence-electron chi connectivity index (χ3n) is 9.44. The number of hydrogen-bond donors (Lipinski definition) is 1. The molecule has 8 atom stereocenters. The first-order valence-electron chi connectivity index (χ1n) is 10.5. The van der Waals surface area contributed by atoms with E-state index >= 15 is 0 Å². The summed E-state index contributed by atoms with van der Waals surface area (Å²) >= 11 is 0. The van der Waals surface area contributed by atoms with Crippen molar-refractivity contribution >= 4 is 0 Å². The van der Waals surface area contributed by atoms with Crippen LogP contribution in [-0.4, -0.2) is 18.3 Å². The predicted molar refractivity (Wildman–Crippen MR) is 99.8 cm³/mol. The molecule has 2 heteroatoms. The summed E-state index contributed by atoms with van der Waals surface area (Å²) in [4.78, 5) is 0. The maximum Gasteiger partial charge on any atom is 0.0959 e. The summed E-state index contributed by atoms with van der Waals surface area (Å²) < 4.78 is 5.56. The highest BCUT2D eigenvalue weighted by molar-refractivity contribution is 5.37. The van der Waals surface area contributed by atoms with Crippen molar-refractivity contribution in [2.75, 3.05) is 7.11 Å². The van der Waals surface area contributed by atoms with Gasteiger partial charge in [0.2, 0.25) is 0 Å². The topological polar surface area (TPSA) is 29.5 Å². The lowest BCUT2D eigenvalue weighted by atomic mass is 9.48. The largest absolute Gasteiger partial charge is 0.501 e. The van der Waals surface area contributed by atoms with Crippen LogP contribution in [-0.2, 0) is 4.74 Å². The Balaban J connectivity index is 1.52. The fraction of sp³-hybridized carbons (Fsp3) is 0.826. The average Bonchev–Trinajstić information content (AvgIpc) is 3.23. The van der Waals surface area contributed by atoms with E-state index in [1.165, 1.54) is 37.9 Å². The maximum atomic E-state index is 10.5. The second kappa shape index (κ2) is 5.15. The molecule has 0 aromatic rings. The van der Waals surface area contributed by atoms with Crippen molar-refractivity contribution in [2.24, 2.45) is 40.4 Å². The van der Waals surface area contributed by atoms with E-state index in [4.69, 9.17) is 4.74 Å². The Morgan fingerprint density at radius 2 is 2.16 bits per heavy atom. The van der Waals surface area contributed by atoms with Gasteiger partial charge < -0.3 is 9.84 Å². The van der Waals surface area contributed by atoms with Crippen LogP contribution in [0, 0.1) is 40.4 Å². The van der Waals surface area contributed by atoms with Gasteiger partial charge in [0.25, 0.3) is 0 Å². The van der Waals surface area contributed by atoms with E-state index in [9.17, 15) is 5.11 Å². The van der Waals surface area contributed by atoms with E-state index in [0.717, 1.165) is 36.5 Å². The van der Waals surface area contributed by atoms with Gasteiger partial charge in [0.15, 0.2) is 0 Å². The van der Waals surface area contributed by atoms with Gasteiger partial charge in [0.1, 0.15) is 0 Å². The molecule has 5 rings (SSSR count). The second-order valence-electron chi connectivity index (χ2n) is 10.2. The minimum atomic E-state index is -0.137. The molecule has 0 aromatic heterocycles. The number of rotatable bonds is 2. The van der Waals surface area contributed by atoms with Gasteiger partial charge >= 0.3 is 0 Å². The second-order valence-corrected chi connectivity index (χ2v) is 10.2. The number of fused-ring (bicyclic) bond motifs is 2. The minimum Gasteiger partial charge on any atom is -0.501 e. The zero-order valence-electron chi connectivity index (χ0n) is 16.3. The molecule has 0 heterocycles. The Hall–Kier alpha value is -0.760. The number of methoxy groups -OCH3 is 1. The third kappa shape index (κ3) is 1.90. The van der Waals surface area contributed by atoms with Gasteiger partial charge in [-0.3, -0.25) is 0 Å². The van der Waals surface area contributed by atoms with E-state index in [1.54, 1.807) is 11.1 Å². The Kier molecular flexibility index (Phi) is 3.38. The average molecular weight is 343 g/mol. The molecule has 1 spiro atoms. The number of aliphatic hydroxyl groups is 1. The monoisotopic (exact) mass is 342 g/mol. The Bertz CT molecular complexity index is 659. The molecule has 0 aliphatic heterocycles. The fourth-order valence-electron chi connectivity index (χ4n) is 8.53. The lowest BCUT2D eigenvalue weighted by molar-refractivity contribution is -0.0729. The Labute approximate surface area is 152 Å². The SMILES string of the molecule is COC1=CCC2=C(C1)C[C@@H](C)[C@@H]1[C@@H]2CC[C@]2(C)[C@H](C(C)O)C[C@H]3C[C@@]312. The lowest BCUT2D eigenvalue weighted by Gasteiger charge is -2.57. The molecular formula is C23H34O2. The van der Waals surface area contributed by atoms with Gasteiger partial charge in [-0.15, -0.1) is 0 Å². The first-order valence-corrected chi connectivity index (χ1v) is 10.5. The van der Waals surface area contributed by atoms with Crippen LogP contribution in [0.3, 0.4) is 0 Å². The summed E-state index contributed by atoms with van der Waals surface area (Å²) in [7, 11) is 1.82. The summed E-state index contributed by atoms with van der Waals surface area (Å²) in [5.74, 6) is 5.06. The maximum absolute atomic E-state index is 10.5. The van der Waals surface area contributed by atoms with Crippen molar-refractivity contribution < 1.29 is 9.84 Å². The van der Waals surface area contributed by atoms with Crippen molar-refractivity contribution in [3.05, 3.63) is 23.0 Å². The van der Waals surface area contributed by atoms with Crippen LogP contribution in [0.1, 0.15) is 65.7 Å². The van der Waals surface area contributed by atoms with Crippen molar-refractivity contribution in [1.29, 1.82) is 0 Å². The third-order valence-corrected chi connectivity index (χ3v) is 9.44. The van der Waals surface area contributed by atoms with E-state index in [-0.39, 0.29) is 6.10 Å². The quantitative estimate of drug-likeness (QED) is 0.709. The van der Waals surface area contributed by atoms with E-state index in [1.807, 2.05) is 14.0 Å². The Morgan fingerprint density at radius 1 is 1.36 bits per heavy atom. The van der Waals surface area contributed by atoms with Crippen molar-refractivity contribution in [3.63, 3.8) is 0 Å². The summed E-state index contributed by atoms with van der Waals surface area (Å²) in [5, 5.41) is 10.5. The lowest BCUT2D eigenvalue weighted by Crippen LogP contribution is -2.51. The van der Waals surface area contributed by atoms with Gasteiger partial charge in [-0.1, -0.05) is 25.0 Å². The van der Waals surface area contributed by atoms with Crippen LogP contribution in [0.5, 0.6) is 0 Å². The highest BCUT2D eigenvalue weighted by Gasteiger charge is 2.77. The van der Waals surface area contributed by atoms with Crippen molar-refractivity contribution in [2.45, 2.75) is 71.8 Å². The molecule has 5 aliphatic rings. The van der Waals surface area contributed by atoms with Crippen LogP contribution in [0.25, 0.3) is 0 Å². The number of ether oxygens (including phenoxy) is 1. The van der Waals surface area contributed by atoms with Gasteiger partial charge in [-0.25, -0.2) is 0 Å². The fourth-order valence-corrected chi connectivity index (χ4v) is 8.53. The number of hydrogen-bond acceptors (Lipinski definition) is 2. The molecule has 0 amide bonds. The summed E-state index contributed by atoms with van der Waals surface area (Å²) in [6.45, 7) is 7.12. The highest BCUT2D eigenvalue weighted by atomic mass is 16.5. The van der Waals surface area contributed by atoms with Gasteiger partial charge in [0.05, 0.1) is 19.0 Å². The zero-order chi connectivity index (χ0) is 17.6. The molecule has 3 saturated carbocycles. The molecule has 0 aromatic carbocycles. The molecule has 5 aliphatic carbocycles. The van der Waals surface area contributed by atoms with Crippen molar-refractivity contribution in [3.8, 4) is 0 Å². The minimum absolute atomic E-state index is 0.137. The molecule has 138 valence electrons. The van der Waals surface area contributed by atoms with E-state index in [0.29, 0.717) is 16.7 Å². The highest BCUT2D eigenvalue weighted by Crippen LogP contribution is 2.83. The first-order chi connectivity index (χ1) is 11.9. The first kappa shape index (κ1) is 16.4. The molecule has 1 unspecified atom stereocenters. The molecule has 2 nitrogen and oxygen atoms in total.